The van der Waals surface area contributed by atoms with Crippen LogP contribution in [0.3, 0.4) is 0 Å². The summed E-state index contributed by atoms with van der Waals surface area (Å²) in [4.78, 5) is 13.7. The number of benzene rings is 3. The molecule has 1 unspecified atom stereocenters. The van der Waals surface area contributed by atoms with Gasteiger partial charge in [-0.1, -0.05) is 47.6 Å². The monoisotopic (exact) mass is 574 g/mol. The summed E-state index contributed by atoms with van der Waals surface area (Å²) in [6.45, 7) is 6.55. The Morgan fingerprint density at radius 3 is 2.66 bits per heavy atom. The number of anilines is 2. The summed E-state index contributed by atoms with van der Waals surface area (Å²) in [7, 11) is 0. The van der Waals surface area contributed by atoms with Gasteiger partial charge in [0.1, 0.15) is 12.6 Å². The van der Waals surface area contributed by atoms with E-state index in [1.165, 1.54) is 0 Å². The number of hydrogen-bond acceptors (Lipinski definition) is 7. The van der Waals surface area contributed by atoms with Crippen molar-refractivity contribution < 1.29 is 14.3 Å². The highest BCUT2D eigenvalue weighted by Crippen LogP contribution is 2.43. The highest BCUT2D eigenvalue weighted by atomic mass is 79.9. The predicted octanol–water partition coefficient (Wildman–Crippen LogP) is 5.65. The van der Waals surface area contributed by atoms with Crippen molar-refractivity contribution in [3.63, 3.8) is 0 Å². The van der Waals surface area contributed by atoms with Crippen LogP contribution in [-0.2, 0) is 11.4 Å². The molecular formula is C28H27BrN6O3. The van der Waals surface area contributed by atoms with E-state index in [0.717, 1.165) is 16.7 Å². The number of carbonyl (C=O) groups excluding carboxylic acids is 1. The number of rotatable bonds is 8. The Bertz CT molecular complexity index is 1500. The van der Waals surface area contributed by atoms with Crippen molar-refractivity contribution in [3.8, 4) is 11.5 Å². The largest absolute Gasteiger partial charge is 0.490 e. The molecule has 1 atom stereocenters. The van der Waals surface area contributed by atoms with Gasteiger partial charge in [-0.3, -0.25) is 4.79 Å². The van der Waals surface area contributed by atoms with Crippen LogP contribution in [0.5, 0.6) is 11.5 Å². The fourth-order valence-electron chi connectivity index (χ4n) is 4.41. The Balaban J connectivity index is 1.54. The van der Waals surface area contributed by atoms with Crippen LogP contribution < -0.4 is 20.1 Å². The number of fused-ring (bicyclic) bond motifs is 1. The number of halogens is 1. The third-order valence-corrected chi connectivity index (χ3v) is 6.70. The molecule has 1 aliphatic rings. The van der Waals surface area contributed by atoms with Crippen LogP contribution in [0.15, 0.2) is 82.5 Å². The second kappa shape index (κ2) is 11.1. The second-order valence-corrected chi connectivity index (χ2v) is 9.73. The Labute approximate surface area is 229 Å². The molecule has 3 aromatic carbocycles. The lowest BCUT2D eigenvalue weighted by Gasteiger charge is -2.28. The van der Waals surface area contributed by atoms with Crippen molar-refractivity contribution in [1.82, 2.24) is 20.2 Å². The van der Waals surface area contributed by atoms with E-state index in [2.05, 4.69) is 42.1 Å². The summed E-state index contributed by atoms with van der Waals surface area (Å²) in [5, 5.41) is 18.3. The fraction of sp³-hybridized carbons (Fsp3) is 0.214. The number of nitrogens with zero attached hydrogens (tertiary/aromatic N) is 4. The number of ether oxygens (including phenoxy) is 2. The Kier molecular flexibility index (Phi) is 7.41. The van der Waals surface area contributed by atoms with Gasteiger partial charge in [0.15, 0.2) is 11.5 Å². The van der Waals surface area contributed by atoms with Gasteiger partial charge >= 0.3 is 0 Å². The molecule has 0 radical (unpaired) electrons. The summed E-state index contributed by atoms with van der Waals surface area (Å²) < 4.78 is 14.4. The highest BCUT2D eigenvalue weighted by Gasteiger charge is 2.35. The molecule has 1 amide bonds. The van der Waals surface area contributed by atoms with Crippen LogP contribution in [0.2, 0.25) is 0 Å². The van der Waals surface area contributed by atoms with Crippen molar-refractivity contribution in [3.05, 3.63) is 99.2 Å². The van der Waals surface area contributed by atoms with Crippen LogP contribution in [0.1, 0.15) is 36.6 Å². The summed E-state index contributed by atoms with van der Waals surface area (Å²) in [6.07, 6.45) is 0. The number of carbonyl (C=O) groups is 1. The maximum atomic E-state index is 13.7. The fourth-order valence-corrected chi connectivity index (χ4v) is 4.99. The van der Waals surface area contributed by atoms with E-state index in [0.29, 0.717) is 52.1 Å². The van der Waals surface area contributed by atoms with Crippen LogP contribution in [0.4, 0.5) is 11.6 Å². The van der Waals surface area contributed by atoms with Crippen molar-refractivity contribution in [2.45, 2.75) is 33.4 Å². The molecule has 0 saturated carbocycles. The molecule has 4 aromatic rings. The normalized spacial score (nSPS) is 14.5. The molecule has 0 spiro atoms. The molecule has 9 nitrogen and oxygen atoms in total. The number of allylic oxidation sites excluding steroid dienone is 1. The van der Waals surface area contributed by atoms with E-state index in [4.69, 9.17) is 9.47 Å². The molecule has 0 saturated heterocycles. The number of nitrogens with one attached hydrogen (secondary N) is 2. The minimum absolute atomic E-state index is 0.259. The molecule has 1 aliphatic heterocycles. The number of amides is 1. The first-order chi connectivity index (χ1) is 18.4. The first-order valence-corrected chi connectivity index (χ1v) is 13.0. The zero-order valence-electron chi connectivity index (χ0n) is 21.2. The molecule has 0 bridgehead atoms. The quantitative estimate of drug-likeness (QED) is 0.280. The first-order valence-electron chi connectivity index (χ1n) is 12.2. The highest BCUT2D eigenvalue weighted by molar-refractivity contribution is 9.10. The molecule has 10 heteroatoms. The zero-order chi connectivity index (χ0) is 26.6. The average molecular weight is 575 g/mol. The molecule has 5 rings (SSSR count). The lowest BCUT2D eigenvalue weighted by atomic mass is 9.94. The standard InChI is InChI=1S/C28H27BrN6O3/c1-4-37-23-15-20(14-22(29)26(23)38-16-19-10-6-5-7-11-19)25-24(18(3)30-28-32-33-34-35(25)28)27(36)31-21-12-8-9-17(2)13-21/h5-15,25H,4,16H2,1-3H3,(H,31,36)(H,30,32,34). The topological polar surface area (TPSA) is 103 Å². The number of hydrogen-bond donors (Lipinski definition) is 2. The van der Waals surface area contributed by atoms with Gasteiger partial charge in [-0.15, -0.1) is 0 Å². The Morgan fingerprint density at radius 1 is 1.08 bits per heavy atom. The van der Waals surface area contributed by atoms with Gasteiger partial charge in [0.05, 0.1) is 16.7 Å². The summed E-state index contributed by atoms with van der Waals surface area (Å²) in [6, 6.07) is 20.8. The van der Waals surface area contributed by atoms with E-state index < -0.39 is 6.04 Å². The Hall–Kier alpha value is -4.18. The van der Waals surface area contributed by atoms with Gasteiger partial charge in [-0.2, -0.15) is 4.68 Å². The lowest BCUT2D eigenvalue weighted by Crippen LogP contribution is -2.31. The summed E-state index contributed by atoms with van der Waals surface area (Å²) in [5.74, 6) is 1.32. The van der Waals surface area contributed by atoms with Crippen molar-refractivity contribution >= 4 is 33.5 Å². The molecule has 1 aromatic heterocycles. The first kappa shape index (κ1) is 25.5. The van der Waals surface area contributed by atoms with E-state index in [-0.39, 0.29) is 5.91 Å². The smallest absolute Gasteiger partial charge is 0.255 e. The SMILES string of the molecule is CCOc1cc(C2C(C(=O)Nc3cccc(C)c3)=C(C)Nc3nnnn32)cc(Br)c1OCc1ccccc1. The van der Waals surface area contributed by atoms with Crippen molar-refractivity contribution in [2.24, 2.45) is 0 Å². The van der Waals surface area contributed by atoms with Gasteiger partial charge in [-0.25, -0.2) is 0 Å². The molecule has 0 aliphatic carbocycles. The van der Waals surface area contributed by atoms with Gasteiger partial charge in [0.2, 0.25) is 5.95 Å². The minimum Gasteiger partial charge on any atom is -0.490 e. The van der Waals surface area contributed by atoms with Crippen LogP contribution in [-0.4, -0.2) is 32.7 Å². The molecule has 38 heavy (non-hydrogen) atoms. The molecule has 194 valence electrons. The Morgan fingerprint density at radius 2 is 1.89 bits per heavy atom. The predicted molar refractivity (Wildman–Crippen MR) is 148 cm³/mol. The van der Waals surface area contributed by atoms with Gasteiger partial charge in [-0.05, 0) is 88.1 Å². The van der Waals surface area contributed by atoms with E-state index in [1.54, 1.807) is 4.68 Å². The number of aryl methyl sites for hydroxylation is 1. The maximum Gasteiger partial charge on any atom is 0.255 e. The maximum absolute atomic E-state index is 13.7. The minimum atomic E-state index is -0.607. The molecule has 2 heterocycles. The van der Waals surface area contributed by atoms with Gasteiger partial charge < -0.3 is 20.1 Å². The molecule has 0 fully saturated rings. The molecular weight excluding hydrogens is 548 g/mol. The van der Waals surface area contributed by atoms with Gasteiger partial charge in [0.25, 0.3) is 5.91 Å². The van der Waals surface area contributed by atoms with E-state index >= 15 is 0 Å². The van der Waals surface area contributed by atoms with Crippen LogP contribution in [0.25, 0.3) is 0 Å². The lowest BCUT2D eigenvalue weighted by molar-refractivity contribution is -0.113. The molecule has 2 N–H and O–H groups in total. The third-order valence-electron chi connectivity index (χ3n) is 6.11. The van der Waals surface area contributed by atoms with E-state index in [1.807, 2.05) is 87.5 Å². The van der Waals surface area contributed by atoms with Gasteiger partial charge in [0, 0.05) is 11.4 Å². The number of aromatic nitrogens is 4. The average Bonchev–Trinajstić information content (AvgIpc) is 3.36. The van der Waals surface area contributed by atoms with E-state index in [9.17, 15) is 4.79 Å². The second-order valence-electron chi connectivity index (χ2n) is 8.87. The van der Waals surface area contributed by atoms with Crippen LogP contribution >= 0.6 is 15.9 Å². The zero-order valence-corrected chi connectivity index (χ0v) is 22.8. The number of tetrazole rings is 1. The summed E-state index contributed by atoms with van der Waals surface area (Å²) >= 11 is 3.67. The van der Waals surface area contributed by atoms with Crippen LogP contribution in [0, 0.1) is 6.92 Å². The summed E-state index contributed by atoms with van der Waals surface area (Å²) in [5.41, 5.74) is 4.69. The van der Waals surface area contributed by atoms with Crippen molar-refractivity contribution in [2.75, 3.05) is 17.2 Å². The third kappa shape index (κ3) is 5.26. The van der Waals surface area contributed by atoms with Crippen molar-refractivity contribution in [1.29, 1.82) is 0 Å².